The van der Waals surface area contributed by atoms with Gasteiger partial charge in [0.1, 0.15) is 0 Å². The number of hydrogen-bond donors (Lipinski definition) is 1. The summed E-state index contributed by atoms with van der Waals surface area (Å²) in [7, 11) is 0. The molecule has 0 aliphatic carbocycles. The Kier molecular flexibility index (Phi) is 6.56. The van der Waals surface area contributed by atoms with E-state index in [0.717, 1.165) is 31.3 Å². The summed E-state index contributed by atoms with van der Waals surface area (Å²) in [5, 5.41) is 3.41. The van der Waals surface area contributed by atoms with E-state index in [-0.39, 0.29) is 0 Å². The number of likely N-dealkylation sites (N-methyl/N-ethyl adjacent to an activating group) is 1. The van der Waals surface area contributed by atoms with Crippen molar-refractivity contribution in [2.75, 3.05) is 31.1 Å². The van der Waals surface area contributed by atoms with Crippen molar-refractivity contribution in [3.63, 3.8) is 0 Å². The van der Waals surface area contributed by atoms with Crippen LogP contribution in [0.4, 0.5) is 5.95 Å². The van der Waals surface area contributed by atoms with Crippen molar-refractivity contribution in [1.82, 2.24) is 15.3 Å². The molecule has 0 fully saturated rings. The molecule has 5 heteroatoms. The molecule has 0 unspecified atom stereocenters. The Morgan fingerprint density at radius 1 is 1.32 bits per heavy atom. The highest BCUT2D eigenvalue weighted by Crippen LogP contribution is 2.15. The molecule has 1 aromatic rings. The highest BCUT2D eigenvalue weighted by Gasteiger charge is 2.10. The zero-order valence-electron chi connectivity index (χ0n) is 12.7. The van der Waals surface area contributed by atoms with Crippen molar-refractivity contribution < 1.29 is 4.74 Å². The van der Waals surface area contributed by atoms with Crippen molar-refractivity contribution in [3.05, 3.63) is 11.8 Å². The minimum atomic E-state index is 0.496. The summed E-state index contributed by atoms with van der Waals surface area (Å²) < 4.78 is 5.47. The maximum Gasteiger partial charge on any atom is 0.228 e. The minimum Gasteiger partial charge on any atom is -0.478 e. The number of nitrogens with one attached hydrogen (secondary N) is 1. The van der Waals surface area contributed by atoms with E-state index in [1.165, 1.54) is 0 Å². The minimum absolute atomic E-state index is 0.496. The summed E-state index contributed by atoms with van der Waals surface area (Å²) in [5.74, 6) is 1.40. The van der Waals surface area contributed by atoms with Crippen LogP contribution in [0.1, 0.15) is 33.4 Å². The van der Waals surface area contributed by atoms with Crippen LogP contribution >= 0.6 is 0 Å². The van der Waals surface area contributed by atoms with Crippen molar-refractivity contribution in [1.29, 1.82) is 0 Å². The predicted molar refractivity (Wildman–Crippen MR) is 79.0 cm³/mol. The number of ether oxygens (including phenoxy) is 1. The average molecular weight is 266 g/mol. The largest absolute Gasteiger partial charge is 0.478 e. The van der Waals surface area contributed by atoms with Crippen LogP contribution in [0.5, 0.6) is 5.88 Å². The second kappa shape index (κ2) is 7.94. The Balaban J connectivity index is 2.73. The van der Waals surface area contributed by atoms with Gasteiger partial charge in [-0.3, -0.25) is 0 Å². The zero-order chi connectivity index (χ0) is 14.3. The second-order valence-corrected chi connectivity index (χ2v) is 4.77. The van der Waals surface area contributed by atoms with Crippen molar-refractivity contribution in [2.45, 2.75) is 40.7 Å². The molecule has 0 bridgehead atoms. The molecule has 108 valence electrons. The smallest absolute Gasteiger partial charge is 0.228 e. The topological polar surface area (TPSA) is 50.3 Å². The number of anilines is 1. The zero-order valence-corrected chi connectivity index (χ0v) is 12.7. The first-order valence-electron chi connectivity index (χ1n) is 7.03. The number of aromatic nitrogens is 2. The molecule has 0 spiro atoms. The summed E-state index contributed by atoms with van der Waals surface area (Å²) in [5.41, 5.74) is 0.934. The van der Waals surface area contributed by atoms with Gasteiger partial charge in [0.25, 0.3) is 0 Å². The summed E-state index contributed by atoms with van der Waals surface area (Å²) >= 11 is 0. The van der Waals surface area contributed by atoms with Gasteiger partial charge in [-0.25, -0.2) is 4.98 Å². The van der Waals surface area contributed by atoms with Crippen molar-refractivity contribution >= 4 is 5.95 Å². The fourth-order valence-electron chi connectivity index (χ4n) is 1.78. The lowest BCUT2D eigenvalue weighted by Crippen LogP contribution is -2.35. The van der Waals surface area contributed by atoms with Gasteiger partial charge in [0.05, 0.1) is 6.61 Å². The van der Waals surface area contributed by atoms with Gasteiger partial charge in [0.2, 0.25) is 11.8 Å². The highest BCUT2D eigenvalue weighted by atomic mass is 16.5. The molecular weight excluding hydrogens is 240 g/mol. The molecular formula is C14H26N4O. The standard InChI is InChI=1S/C14H26N4O/c1-6-18(9-8-15-11(3)4)14-16-12(5)10-13(17-14)19-7-2/h10-11,15H,6-9H2,1-5H3. The Morgan fingerprint density at radius 3 is 2.63 bits per heavy atom. The Hall–Kier alpha value is -1.36. The van der Waals surface area contributed by atoms with Crippen LogP contribution in [0, 0.1) is 6.92 Å². The number of hydrogen-bond acceptors (Lipinski definition) is 5. The van der Waals surface area contributed by atoms with Crippen LogP contribution in [0.15, 0.2) is 6.07 Å². The monoisotopic (exact) mass is 266 g/mol. The van der Waals surface area contributed by atoms with Gasteiger partial charge in [-0.15, -0.1) is 0 Å². The van der Waals surface area contributed by atoms with E-state index in [4.69, 9.17) is 4.74 Å². The van der Waals surface area contributed by atoms with E-state index in [9.17, 15) is 0 Å². The summed E-state index contributed by atoms with van der Waals surface area (Å²) in [6.45, 7) is 13.7. The fourth-order valence-corrected chi connectivity index (χ4v) is 1.78. The molecule has 1 aromatic heterocycles. The molecule has 1 rings (SSSR count). The van der Waals surface area contributed by atoms with Crippen molar-refractivity contribution in [3.8, 4) is 5.88 Å². The van der Waals surface area contributed by atoms with Crippen LogP contribution in [-0.2, 0) is 0 Å². The normalized spacial score (nSPS) is 10.8. The quantitative estimate of drug-likeness (QED) is 0.780. The lowest BCUT2D eigenvalue weighted by Gasteiger charge is -2.22. The molecule has 0 amide bonds. The Bertz CT molecular complexity index is 382. The van der Waals surface area contributed by atoms with Crippen LogP contribution in [-0.4, -0.2) is 42.3 Å². The van der Waals surface area contributed by atoms with Gasteiger partial charge in [-0.05, 0) is 20.8 Å². The molecule has 0 aromatic carbocycles. The molecule has 1 N–H and O–H groups in total. The van der Waals surface area contributed by atoms with Gasteiger partial charge in [-0.1, -0.05) is 13.8 Å². The average Bonchev–Trinajstić information content (AvgIpc) is 2.34. The van der Waals surface area contributed by atoms with Crippen LogP contribution < -0.4 is 15.0 Å². The van der Waals surface area contributed by atoms with Crippen LogP contribution in [0.2, 0.25) is 0 Å². The molecule has 0 saturated carbocycles. The molecule has 1 heterocycles. The lowest BCUT2D eigenvalue weighted by atomic mass is 10.4. The van der Waals surface area contributed by atoms with E-state index in [1.807, 2.05) is 19.9 Å². The number of rotatable bonds is 8. The van der Waals surface area contributed by atoms with Gasteiger partial charge in [-0.2, -0.15) is 4.98 Å². The molecule has 0 saturated heterocycles. The van der Waals surface area contributed by atoms with Gasteiger partial charge >= 0.3 is 0 Å². The first-order chi connectivity index (χ1) is 9.06. The summed E-state index contributed by atoms with van der Waals surface area (Å²) in [4.78, 5) is 11.1. The first-order valence-corrected chi connectivity index (χ1v) is 7.03. The maximum atomic E-state index is 5.47. The van der Waals surface area contributed by atoms with Gasteiger partial charge < -0.3 is 15.0 Å². The maximum absolute atomic E-state index is 5.47. The predicted octanol–water partition coefficient (Wildman–Crippen LogP) is 2.01. The molecule has 19 heavy (non-hydrogen) atoms. The summed E-state index contributed by atoms with van der Waals surface area (Å²) in [6.07, 6.45) is 0. The van der Waals surface area contributed by atoms with Crippen LogP contribution in [0.3, 0.4) is 0 Å². The summed E-state index contributed by atoms with van der Waals surface area (Å²) in [6, 6.07) is 2.36. The SMILES string of the molecule is CCOc1cc(C)nc(N(CC)CCNC(C)C)n1. The molecule has 0 aliphatic heterocycles. The highest BCUT2D eigenvalue weighted by molar-refractivity contribution is 5.34. The third-order valence-corrected chi connectivity index (χ3v) is 2.71. The number of nitrogens with zero attached hydrogens (tertiary/aromatic N) is 3. The third-order valence-electron chi connectivity index (χ3n) is 2.71. The van der Waals surface area contributed by atoms with E-state index in [0.29, 0.717) is 18.5 Å². The van der Waals surface area contributed by atoms with Crippen LogP contribution in [0.25, 0.3) is 0 Å². The van der Waals surface area contributed by atoms with E-state index in [2.05, 4.69) is 41.0 Å². The van der Waals surface area contributed by atoms with E-state index in [1.54, 1.807) is 0 Å². The van der Waals surface area contributed by atoms with Crippen molar-refractivity contribution in [2.24, 2.45) is 0 Å². The van der Waals surface area contributed by atoms with Gasteiger partial charge in [0, 0.05) is 37.4 Å². The second-order valence-electron chi connectivity index (χ2n) is 4.77. The third kappa shape index (κ3) is 5.42. The van der Waals surface area contributed by atoms with E-state index >= 15 is 0 Å². The number of aryl methyl sites for hydroxylation is 1. The Morgan fingerprint density at radius 2 is 2.05 bits per heavy atom. The molecule has 0 radical (unpaired) electrons. The lowest BCUT2D eigenvalue weighted by molar-refractivity contribution is 0.326. The molecule has 0 atom stereocenters. The fraction of sp³-hybridized carbons (Fsp3) is 0.714. The molecule has 0 aliphatic rings. The van der Waals surface area contributed by atoms with Gasteiger partial charge in [0.15, 0.2) is 0 Å². The van der Waals surface area contributed by atoms with E-state index < -0.39 is 0 Å². The first kappa shape index (κ1) is 15.7. The molecule has 5 nitrogen and oxygen atoms in total. The Labute approximate surface area is 116 Å².